The van der Waals surface area contributed by atoms with E-state index >= 15 is 0 Å². The van der Waals surface area contributed by atoms with Gasteiger partial charge >= 0.3 is 5.88 Å². The van der Waals surface area contributed by atoms with Crippen LogP contribution in [0, 0.1) is 10.1 Å². The summed E-state index contributed by atoms with van der Waals surface area (Å²) in [5.41, 5.74) is 1.84. The monoisotopic (exact) mass is 406 g/mol. The number of imidazole rings is 1. The van der Waals surface area contributed by atoms with E-state index in [1.165, 1.54) is 6.07 Å². The van der Waals surface area contributed by atoms with Crippen molar-refractivity contribution in [2.45, 2.75) is 32.9 Å². The highest BCUT2D eigenvalue weighted by Crippen LogP contribution is 2.36. The van der Waals surface area contributed by atoms with E-state index in [1.807, 2.05) is 73.8 Å². The zero-order valence-electron chi connectivity index (χ0n) is 17.0. The van der Waals surface area contributed by atoms with Gasteiger partial charge in [0.15, 0.2) is 17.2 Å². The van der Waals surface area contributed by atoms with Gasteiger partial charge in [-0.25, -0.2) is 4.98 Å². The Labute approximate surface area is 173 Å². The number of ether oxygens (including phenoxy) is 1. The van der Waals surface area contributed by atoms with Crippen LogP contribution in [-0.2, 0) is 6.61 Å². The van der Waals surface area contributed by atoms with Gasteiger partial charge in [0.2, 0.25) is 0 Å². The van der Waals surface area contributed by atoms with Gasteiger partial charge in [0.25, 0.3) is 0 Å². The lowest BCUT2D eigenvalue weighted by atomic mass is 10.1. The normalized spacial score (nSPS) is 11.6. The summed E-state index contributed by atoms with van der Waals surface area (Å²) in [6.07, 6.45) is 1.87. The van der Waals surface area contributed by atoms with Crippen molar-refractivity contribution >= 4 is 17.3 Å². The average molecular weight is 406 g/mol. The summed E-state index contributed by atoms with van der Waals surface area (Å²) < 4.78 is 13.3. The summed E-state index contributed by atoms with van der Waals surface area (Å²) in [7, 11) is 0. The van der Waals surface area contributed by atoms with Crippen molar-refractivity contribution in [3.8, 4) is 17.2 Å². The summed E-state index contributed by atoms with van der Waals surface area (Å²) in [5, 5.41) is 14.5. The number of nitrogens with zero attached hydrogens (tertiary/aromatic N) is 3. The van der Waals surface area contributed by atoms with Gasteiger partial charge in [-0.1, -0.05) is 30.3 Å². The topological polar surface area (TPSA) is 94.8 Å². The highest BCUT2D eigenvalue weighted by Gasteiger charge is 2.24. The molecule has 0 fully saturated rings. The van der Waals surface area contributed by atoms with Gasteiger partial charge in [0.1, 0.15) is 23.0 Å². The number of fused-ring (bicyclic) bond motifs is 1. The number of pyridine rings is 1. The van der Waals surface area contributed by atoms with E-state index in [-0.39, 0.29) is 11.4 Å². The highest BCUT2D eigenvalue weighted by molar-refractivity contribution is 5.76. The largest absolute Gasteiger partial charge is 0.485 e. The summed E-state index contributed by atoms with van der Waals surface area (Å²) in [6, 6.07) is 16.5. The highest BCUT2D eigenvalue weighted by atomic mass is 16.6. The predicted octanol–water partition coefficient (Wildman–Crippen LogP) is 5.29. The molecule has 154 valence electrons. The molecular weight excluding hydrogens is 384 g/mol. The van der Waals surface area contributed by atoms with Crippen molar-refractivity contribution in [2.24, 2.45) is 0 Å². The standard InChI is InChI=1S/C22H22N4O4/c1-22(2,3)24-21-19(16-11-12-18(30-16)26(27)28)23-20-17(10-7-13-25(20)21)29-14-15-8-5-4-6-9-15/h4-13,24H,14H2,1-3H3. The van der Waals surface area contributed by atoms with Crippen LogP contribution in [0.15, 0.2) is 65.2 Å². The van der Waals surface area contributed by atoms with Crippen LogP contribution in [-0.4, -0.2) is 19.8 Å². The van der Waals surface area contributed by atoms with Crippen molar-refractivity contribution in [1.29, 1.82) is 0 Å². The summed E-state index contributed by atoms with van der Waals surface area (Å²) in [4.78, 5) is 15.2. The van der Waals surface area contributed by atoms with Crippen molar-refractivity contribution in [3.63, 3.8) is 0 Å². The van der Waals surface area contributed by atoms with Gasteiger partial charge in [0.05, 0.1) is 6.07 Å². The molecule has 0 amide bonds. The number of nitro groups is 1. The minimum atomic E-state index is -0.565. The van der Waals surface area contributed by atoms with Crippen molar-refractivity contribution < 1.29 is 14.1 Å². The Bertz CT molecular complexity index is 1190. The van der Waals surface area contributed by atoms with Gasteiger partial charge in [-0.3, -0.25) is 14.5 Å². The van der Waals surface area contributed by atoms with Crippen LogP contribution in [0.1, 0.15) is 26.3 Å². The third-order valence-electron chi connectivity index (χ3n) is 4.35. The van der Waals surface area contributed by atoms with E-state index in [4.69, 9.17) is 14.1 Å². The molecular formula is C22H22N4O4. The van der Waals surface area contributed by atoms with E-state index in [2.05, 4.69) is 5.32 Å². The predicted molar refractivity (Wildman–Crippen MR) is 114 cm³/mol. The molecule has 0 spiro atoms. The molecule has 0 radical (unpaired) electrons. The number of furan rings is 1. The Morgan fingerprint density at radius 2 is 1.90 bits per heavy atom. The Kier molecular flexibility index (Phi) is 4.91. The van der Waals surface area contributed by atoms with Gasteiger partial charge in [-0.15, -0.1) is 0 Å². The molecule has 0 atom stereocenters. The zero-order valence-corrected chi connectivity index (χ0v) is 17.0. The van der Waals surface area contributed by atoms with E-state index < -0.39 is 4.92 Å². The van der Waals surface area contributed by atoms with Crippen molar-refractivity contribution in [1.82, 2.24) is 9.38 Å². The molecule has 8 nitrogen and oxygen atoms in total. The maximum atomic E-state index is 11.1. The summed E-state index contributed by atoms with van der Waals surface area (Å²) in [5.74, 6) is 1.26. The molecule has 0 bridgehead atoms. The lowest BCUT2D eigenvalue weighted by molar-refractivity contribution is -0.401. The molecule has 4 aromatic rings. The summed E-state index contributed by atoms with van der Waals surface area (Å²) >= 11 is 0. The van der Waals surface area contributed by atoms with E-state index in [9.17, 15) is 10.1 Å². The van der Waals surface area contributed by atoms with Gasteiger partial charge in [-0.05, 0) is 44.5 Å². The first-order valence-electron chi connectivity index (χ1n) is 9.52. The SMILES string of the molecule is CC(C)(C)Nc1c(-c2ccc([N+](=O)[O-])o2)nc2c(OCc3ccccc3)cccn12. The molecule has 8 heteroatoms. The average Bonchev–Trinajstić information content (AvgIpc) is 3.32. The first kappa shape index (κ1) is 19.5. The number of nitrogens with one attached hydrogen (secondary N) is 1. The van der Waals surface area contributed by atoms with Crippen LogP contribution in [0.3, 0.4) is 0 Å². The second-order valence-electron chi connectivity index (χ2n) is 7.92. The smallest absolute Gasteiger partial charge is 0.433 e. The molecule has 4 rings (SSSR count). The molecule has 3 aromatic heterocycles. The summed E-state index contributed by atoms with van der Waals surface area (Å²) in [6.45, 7) is 6.47. The molecule has 0 saturated heterocycles. The van der Waals surface area contributed by atoms with Gasteiger partial charge < -0.3 is 14.5 Å². The second-order valence-corrected chi connectivity index (χ2v) is 7.92. The van der Waals surface area contributed by atoms with E-state index in [0.717, 1.165) is 5.56 Å². The van der Waals surface area contributed by atoms with Gasteiger partial charge in [-0.2, -0.15) is 0 Å². The Morgan fingerprint density at radius 3 is 2.57 bits per heavy atom. The maximum Gasteiger partial charge on any atom is 0.433 e. The first-order chi connectivity index (χ1) is 14.3. The maximum absolute atomic E-state index is 11.1. The molecule has 3 heterocycles. The quantitative estimate of drug-likeness (QED) is 0.345. The molecule has 30 heavy (non-hydrogen) atoms. The molecule has 1 aromatic carbocycles. The Hall–Kier alpha value is -3.81. The van der Waals surface area contributed by atoms with E-state index in [1.54, 1.807) is 6.07 Å². The molecule has 0 saturated carbocycles. The van der Waals surface area contributed by atoms with Crippen LogP contribution >= 0.6 is 0 Å². The first-order valence-corrected chi connectivity index (χ1v) is 9.52. The fourth-order valence-electron chi connectivity index (χ4n) is 3.09. The van der Waals surface area contributed by atoms with Crippen molar-refractivity contribution in [2.75, 3.05) is 5.32 Å². The fraction of sp³-hybridized carbons (Fsp3) is 0.227. The molecule has 0 aliphatic carbocycles. The number of benzene rings is 1. The minimum Gasteiger partial charge on any atom is -0.485 e. The second kappa shape index (κ2) is 7.55. The number of anilines is 1. The fourth-order valence-corrected chi connectivity index (χ4v) is 3.09. The lowest BCUT2D eigenvalue weighted by Gasteiger charge is -2.22. The number of aromatic nitrogens is 2. The lowest BCUT2D eigenvalue weighted by Crippen LogP contribution is -2.27. The third kappa shape index (κ3) is 3.98. The Morgan fingerprint density at radius 1 is 1.13 bits per heavy atom. The van der Waals surface area contributed by atoms with E-state index in [0.29, 0.717) is 35.3 Å². The molecule has 0 aliphatic heterocycles. The third-order valence-corrected chi connectivity index (χ3v) is 4.35. The number of hydrogen-bond donors (Lipinski definition) is 1. The van der Waals surface area contributed by atoms with Crippen LogP contribution in [0.4, 0.5) is 11.7 Å². The molecule has 1 N–H and O–H groups in total. The Balaban J connectivity index is 1.79. The molecule has 0 aliphatic rings. The van der Waals surface area contributed by atoms with Crippen LogP contribution in [0.25, 0.3) is 17.1 Å². The van der Waals surface area contributed by atoms with Crippen LogP contribution < -0.4 is 10.1 Å². The minimum absolute atomic E-state index is 0.274. The van der Waals surface area contributed by atoms with Crippen LogP contribution in [0.5, 0.6) is 5.75 Å². The number of rotatable bonds is 6. The number of hydrogen-bond acceptors (Lipinski definition) is 6. The van der Waals surface area contributed by atoms with Crippen LogP contribution in [0.2, 0.25) is 0 Å². The van der Waals surface area contributed by atoms with Crippen molar-refractivity contribution in [3.05, 3.63) is 76.5 Å². The van der Waals surface area contributed by atoms with Gasteiger partial charge in [0, 0.05) is 11.7 Å². The molecule has 0 unspecified atom stereocenters. The zero-order chi connectivity index (χ0) is 21.3.